The highest BCUT2D eigenvalue weighted by atomic mass is 32.1. The van der Waals surface area contributed by atoms with Gasteiger partial charge in [0.1, 0.15) is 10.5 Å². The van der Waals surface area contributed by atoms with Crippen molar-refractivity contribution in [3.63, 3.8) is 0 Å². The van der Waals surface area contributed by atoms with Crippen molar-refractivity contribution in [2.24, 2.45) is 7.05 Å². The smallest absolute Gasteiger partial charge is 0.287 e. The van der Waals surface area contributed by atoms with E-state index in [1.807, 2.05) is 26.4 Å². The Labute approximate surface area is 180 Å². The largest absolute Gasteiger partial charge is 0.303 e. The molecule has 0 unspecified atom stereocenters. The molecule has 0 fully saturated rings. The van der Waals surface area contributed by atoms with Crippen LogP contribution in [0.3, 0.4) is 0 Å². The van der Waals surface area contributed by atoms with Crippen molar-refractivity contribution in [2.45, 2.75) is 33.1 Å². The fraction of sp³-hybridized carbons (Fsp3) is 0.240. The van der Waals surface area contributed by atoms with E-state index in [0.29, 0.717) is 0 Å². The predicted octanol–water partition coefficient (Wildman–Crippen LogP) is 5.46. The molecule has 1 aliphatic heterocycles. The van der Waals surface area contributed by atoms with Crippen molar-refractivity contribution in [3.05, 3.63) is 70.9 Å². The number of imidazole rings is 1. The van der Waals surface area contributed by atoms with Crippen LogP contribution in [0.15, 0.2) is 48.4 Å². The molecule has 0 bridgehead atoms. The summed E-state index contributed by atoms with van der Waals surface area (Å²) in [5.41, 5.74) is 8.21. The third-order valence-electron chi connectivity index (χ3n) is 6.31. The molecule has 30 heavy (non-hydrogen) atoms. The van der Waals surface area contributed by atoms with Gasteiger partial charge in [-0.25, -0.2) is 9.55 Å². The molecule has 4 nitrogen and oxygen atoms in total. The summed E-state index contributed by atoms with van der Waals surface area (Å²) in [6, 6.07) is 8.66. The Morgan fingerprint density at radius 2 is 2.00 bits per heavy atom. The lowest BCUT2D eigenvalue weighted by Crippen LogP contribution is -2.32. The summed E-state index contributed by atoms with van der Waals surface area (Å²) in [5, 5.41) is 4.64. The summed E-state index contributed by atoms with van der Waals surface area (Å²) < 4.78 is 14.1. The van der Waals surface area contributed by atoms with Gasteiger partial charge in [0, 0.05) is 36.7 Å². The average Bonchev–Trinajstić information content (AvgIpc) is 3.43. The minimum absolute atomic E-state index is 0.689. The van der Waals surface area contributed by atoms with E-state index in [2.05, 4.69) is 63.9 Å². The van der Waals surface area contributed by atoms with Gasteiger partial charge in [0.15, 0.2) is 5.69 Å². The molecule has 5 heteroatoms. The van der Waals surface area contributed by atoms with Gasteiger partial charge in [0.2, 0.25) is 5.52 Å². The van der Waals surface area contributed by atoms with Gasteiger partial charge in [-0.1, -0.05) is 38.1 Å². The second-order valence-corrected chi connectivity index (χ2v) is 9.17. The molecule has 1 aliphatic rings. The van der Waals surface area contributed by atoms with Crippen molar-refractivity contribution in [2.75, 3.05) is 0 Å². The Bertz CT molecular complexity index is 1520. The highest BCUT2D eigenvalue weighted by molar-refractivity contribution is 7.17. The number of hydrogen-bond acceptors (Lipinski definition) is 3. The molecular weight excluding hydrogens is 388 g/mol. The van der Waals surface area contributed by atoms with E-state index in [1.165, 1.54) is 38.8 Å². The first-order valence-electron chi connectivity index (χ1n) is 10.7. The third-order valence-corrected chi connectivity index (χ3v) is 7.29. The molecule has 0 radical (unpaired) electrons. The van der Waals surface area contributed by atoms with E-state index in [9.17, 15) is 0 Å². The predicted molar refractivity (Wildman–Crippen MR) is 122 cm³/mol. The number of hydrogen-bond donors (Lipinski definition) is 0. The first kappa shape index (κ1) is 16.7. The third kappa shape index (κ3) is 2.24. The summed E-state index contributed by atoms with van der Waals surface area (Å²) in [4.78, 5) is 9.37. The van der Waals surface area contributed by atoms with Crippen molar-refractivity contribution in [1.29, 1.82) is 0 Å². The van der Waals surface area contributed by atoms with Gasteiger partial charge in [-0.05, 0) is 39.7 Å². The maximum absolute atomic E-state index is 8.59. The highest BCUT2D eigenvalue weighted by Crippen LogP contribution is 2.45. The number of aryl methyl sites for hydroxylation is 2. The zero-order valence-corrected chi connectivity index (χ0v) is 18.3. The number of aromatic nitrogens is 4. The number of thiophene rings is 1. The van der Waals surface area contributed by atoms with Crippen LogP contribution in [0.5, 0.6) is 0 Å². The molecule has 3 aromatic heterocycles. The monoisotopic (exact) mass is 412 g/mol. The minimum atomic E-state index is -0.689. The highest BCUT2D eigenvalue weighted by Gasteiger charge is 2.31. The average molecular weight is 413 g/mol. The van der Waals surface area contributed by atoms with E-state index in [-0.39, 0.29) is 0 Å². The number of nitrogens with zero attached hydrogens (tertiary/aromatic N) is 4. The van der Waals surface area contributed by atoms with Crippen LogP contribution in [-0.4, -0.2) is 14.5 Å². The van der Waals surface area contributed by atoms with Gasteiger partial charge in [-0.15, -0.1) is 11.3 Å². The Morgan fingerprint density at radius 1 is 1.20 bits per heavy atom. The Hall–Kier alpha value is -3.05. The molecule has 0 saturated heterocycles. The van der Waals surface area contributed by atoms with E-state index < -0.39 is 5.89 Å². The topological polar surface area (TPSA) is 34.6 Å². The maximum Gasteiger partial charge on any atom is 0.287 e. The summed E-state index contributed by atoms with van der Waals surface area (Å²) >= 11 is 1.70. The molecule has 6 rings (SSSR count). The molecule has 148 valence electrons. The molecule has 0 atom stereocenters. The molecule has 0 N–H and O–H groups in total. The van der Waals surface area contributed by atoms with Gasteiger partial charge in [-0.2, -0.15) is 0 Å². The van der Waals surface area contributed by atoms with Crippen LogP contribution in [0.25, 0.3) is 37.9 Å². The van der Waals surface area contributed by atoms with Gasteiger partial charge in [-0.3, -0.25) is 0 Å². The lowest BCUT2D eigenvalue weighted by Gasteiger charge is -2.17. The van der Waals surface area contributed by atoms with Crippen LogP contribution >= 0.6 is 11.3 Å². The van der Waals surface area contributed by atoms with Gasteiger partial charge < -0.3 is 4.57 Å². The van der Waals surface area contributed by atoms with Crippen LogP contribution < -0.4 is 4.57 Å². The van der Waals surface area contributed by atoms with Gasteiger partial charge in [0.05, 0.1) is 12.7 Å². The van der Waals surface area contributed by atoms with Crippen molar-refractivity contribution >= 4 is 32.3 Å². The second-order valence-electron chi connectivity index (χ2n) is 8.29. The van der Waals surface area contributed by atoms with Gasteiger partial charge >= 0.3 is 0 Å². The van der Waals surface area contributed by atoms with Crippen LogP contribution in [0.2, 0.25) is 0 Å². The fourth-order valence-corrected chi connectivity index (χ4v) is 6.12. The molecule has 0 aliphatic carbocycles. The summed E-state index contributed by atoms with van der Waals surface area (Å²) in [7, 11) is 2.07. The standard InChI is InChI=1S/C25H23N4S/c1-14(2)19-12-30-25-22(19)27-13-28(4)24(25)21-15(3)16-7-5-6-8-17(16)23-18(21)11-20-26-9-10-29(20)23/h5-10,12-14H,11H2,1-4H3/q+1/i14D. The molecule has 0 amide bonds. The quantitative estimate of drug-likeness (QED) is 0.354. The maximum atomic E-state index is 8.59. The van der Waals surface area contributed by atoms with E-state index in [0.717, 1.165) is 28.0 Å². The first-order valence-corrected chi connectivity index (χ1v) is 11.1. The number of fused-ring (bicyclic) bond motifs is 6. The molecule has 2 aromatic carbocycles. The van der Waals surface area contributed by atoms with Crippen LogP contribution in [0.1, 0.15) is 43.6 Å². The lowest BCUT2D eigenvalue weighted by atomic mass is 9.90. The summed E-state index contributed by atoms with van der Waals surface area (Å²) in [5.74, 6) is 0.393. The van der Waals surface area contributed by atoms with Crippen molar-refractivity contribution < 1.29 is 5.94 Å². The van der Waals surface area contributed by atoms with Crippen molar-refractivity contribution in [3.8, 4) is 16.9 Å². The van der Waals surface area contributed by atoms with Crippen LogP contribution in [0, 0.1) is 6.92 Å². The van der Waals surface area contributed by atoms with E-state index in [4.69, 9.17) is 6.35 Å². The minimum Gasteiger partial charge on any atom is -0.303 e. The zero-order valence-electron chi connectivity index (χ0n) is 18.5. The fourth-order valence-electron chi connectivity index (χ4n) is 4.91. The molecule has 5 aromatic rings. The normalized spacial score (nSPS) is 13.7. The first-order chi connectivity index (χ1) is 14.9. The Balaban J connectivity index is 1.78. The molecule has 4 heterocycles. The van der Waals surface area contributed by atoms with Gasteiger partial charge in [0.25, 0.3) is 6.33 Å². The number of benzene rings is 2. The number of rotatable bonds is 2. The molecule has 0 saturated carbocycles. The van der Waals surface area contributed by atoms with E-state index >= 15 is 0 Å². The Kier molecular flexibility index (Phi) is 3.47. The summed E-state index contributed by atoms with van der Waals surface area (Å²) in [6.07, 6.45) is 6.67. The van der Waals surface area contributed by atoms with Crippen LogP contribution in [-0.2, 0) is 13.5 Å². The molecule has 0 spiro atoms. The molecular formula is C25H23N4S+. The summed E-state index contributed by atoms with van der Waals surface area (Å²) in [6.45, 7) is 6.09. The van der Waals surface area contributed by atoms with Crippen molar-refractivity contribution in [1.82, 2.24) is 14.5 Å². The van der Waals surface area contributed by atoms with Crippen LogP contribution in [0.4, 0.5) is 0 Å². The zero-order chi connectivity index (χ0) is 21.5. The lowest BCUT2D eigenvalue weighted by molar-refractivity contribution is -0.662. The SMILES string of the molecule is [2H]C(C)(C)c1csc2c(-c3c4c(c5ccccc5c3C)-n3ccnc3C4)[n+](C)cnc12. The Morgan fingerprint density at radius 3 is 2.80 bits per heavy atom. The van der Waals surface area contributed by atoms with E-state index in [1.54, 1.807) is 11.3 Å². The second kappa shape index (κ2) is 6.22.